The molecule has 0 amide bonds. The van der Waals surface area contributed by atoms with Crippen LogP contribution in [0.1, 0.15) is 5.56 Å². The number of H-pyrrole nitrogens is 1. The Labute approximate surface area is 121 Å². The number of nitrogens with one attached hydrogen (secondary N) is 2. The van der Waals surface area contributed by atoms with E-state index in [1.165, 1.54) is 0 Å². The first-order chi connectivity index (χ1) is 9.78. The van der Waals surface area contributed by atoms with Gasteiger partial charge in [-0.05, 0) is 23.7 Å². The molecule has 0 aliphatic carbocycles. The van der Waals surface area contributed by atoms with Gasteiger partial charge in [-0.2, -0.15) is 4.98 Å². The summed E-state index contributed by atoms with van der Waals surface area (Å²) in [6.07, 6.45) is 1.81. The smallest absolute Gasteiger partial charge is 0.226 e. The van der Waals surface area contributed by atoms with Crippen molar-refractivity contribution in [3.63, 3.8) is 0 Å². The Hall–Kier alpha value is -2.27. The number of fused-ring (bicyclic) bond motifs is 1. The maximum Gasteiger partial charge on any atom is 0.226 e. The van der Waals surface area contributed by atoms with Crippen molar-refractivity contribution in [3.8, 4) is 5.75 Å². The van der Waals surface area contributed by atoms with Crippen molar-refractivity contribution in [3.05, 3.63) is 47.4 Å². The second-order valence-corrected chi connectivity index (χ2v) is 4.58. The molecule has 0 saturated carbocycles. The number of anilines is 1. The fourth-order valence-corrected chi connectivity index (χ4v) is 2.25. The molecule has 0 unspecified atom stereocenters. The van der Waals surface area contributed by atoms with Crippen molar-refractivity contribution < 1.29 is 4.74 Å². The lowest BCUT2D eigenvalue weighted by Gasteiger charge is -2.10. The van der Waals surface area contributed by atoms with Crippen LogP contribution >= 0.6 is 11.6 Å². The van der Waals surface area contributed by atoms with Crippen LogP contribution in [-0.4, -0.2) is 22.1 Å². The van der Waals surface area contributed by atoms with Gasteiger partial charge in [0.2, 0.25) is 5.28 Å². The lowest BCUT2D eigenvalue weighted by atomic mass is 10.2. The maximum absolute atomic E-state index is 5.91. The van der Waals surface area contributed by atoms with Crippen molar-refractivity contribution in [2.75, 3.05) is 12.4 Å². The molecule has 0 aliphatic rings. The number of benzene rings is 1. The minimum absolute atomic E-state index is 0.211. The van der Waals surface area contributed by atoms with E-state index in [1.54, 1.807) is 7.11 Å². The molecule has 1 aromatic carbocycles. The summed E-state index contributed by atoms with van der Waals surface area (Å²) in [6, 6.07) is 9.75. The van der Waals surface area contributed by atoms with Gasteiger partial charge in [-0.1, -0.05) is 18.2 Å². The summed E-state index contributed by atoms with van der Waals surface area (Å²) < 4.78 is 5.32. The molecule has 0 atom stereocenters. The largest absolute Gasteiger partial charge is 0.496 e. The van der Waals surface area contributed by atoms with Gasteiger partial charge >= 0.3 is 0 Å². The van der Waals surface area contributed by atoms with E-state index in [4.69, 9.17) is 16.3 Å². The van der Waals surface area contributed by atoms with E-state index in [-0.39, 0.29) is 5.28 Å². The number of methoxy groups -OCH3 is 1. The highest BCUT2D eigenvalue weighted by Gasteiger charge is 2.08. The Kier molecular flexibility index (Phi) is 3.43. The summed E-state index contributed by atoms with van der Waals surface area (Å²) in [5, 5.41) is 4.39. The van der Waals surface area contributed by atoms with E-state index in [2.05, 4.69) is 20.3 Å². The zero-order chi connectivity index (χ0) is 13.9. The van der Waals surface area contributed by atoms with Crippen LogP contribution in [-0.2, 0) is 6.54 Å². The molecular weight excluding hydrogens is 276 g/mol. The molecule has 2 heterocycles. The zero-order valence-corrected chi connectivity index (χ0v) is 11.6. The second-order valence-electron chi connectivity index (χ2n) is 4.25. The molecule has 2 aromatic heterocycles. The first-order valence-corrected chi connectivity index (χ1v) is 6.52. The highest BCUT2D eigenvalue weighted by Crippen LogP contribution is 2.23. The first-order valence-electron chi connectivity index (χ1n) is 6.14. The van der Waals surface area contributed by atoms with E-state index in [0.717, 1.165) is 16.7 Å². The number of hydrogen-bond donors (Lipinski definition) is 2. The number of aromatic amines is 1. The van der Waals surface area contributed by atoms with Gasteiger partial charge < -0.3 is 15.0 Å². The predicted molar refractivity (Wildman–Crippen MR) is 79.2 cm³/mol. The van der Waals surface area contributed by atoms with Crippen molar-refractivity contribution in [1.29, 1.82) is 0 Å². The average Bonchev–Trinajstić information content (AvgIpc) is 2.93. The topological polar surface area (TPSA) is 62.8 Å². The van der Waals surface area contributed by atoms with Crippen LogP contribution in [0.5, 0.6) is 5.75 Å². The average molecular weight is 289 g/mol. The predicted octanol–water partition coefficient (Wildman–Crippen LogP) is 3.23. The highest BCUT2D eigenvalue weighted by molar-refractivity contribution is 6.28. The van der Waals surface area contributed by atoms with Crippen LogP contribution in [0.4, 0.5) is 5.82 Å². The third kappa shape index (κ3) is 2.40. The molecule has 2 N–H and O–H groups in total. The SMILES string of the molecule is COc1ccccc1CNc1nc(Cl)nc2[nH]ccc12. The Bertz CT molecular complexity index is 741. The summed E-state index contributed by atoms with van der Waals surface area (Å²) in [7, 11) is 1.66. The highest BCUT2D eigenvalue weighted by atomic mass is 35.5. The molecule has 0 aliphatic heterocycles. The molecule has 6 heteroatoms. The summed E-state index contributed by atoms with van der Waals surface area (Å²) >= 11 is 5.91. The van der Waals surface area contributed by atoms with Crippen LogP contribution in [0.3, 0.4) is 0 Å². The number of para-hydroxylation sites is 1. The van der Waals surface area contributed by atoms with E-state index in [1.807, 2.05) is 36.5 Å². The van der Waals surface area contributed by atoms with Gasteiger partial charge in [-0.15, -0.1) is 0 Å². The number of ether oxygens (including phenoxy) is 1. The van der Waals surface area contributed by atoms with E-state index < -0.39 is 0 Å². The van der Waals surface area contributed by atoms with Crippen LogP contribution in [0.25, 0.3) is 11.0 Å². The van der Waals surface area contributed by atoms with Gasteiger partial charge in [-0.3, -0.25) is 0 Å². The molecule has 3 aromatic rings. The normalized spacial score (nSPS) is 10.7. The standard InChI is InChI=1S/C14H13ClN4O/c1-20-11-5-3-2-4-9(11)8-17-13-10-6-7-16-12(10)18-14(15)19-13/h2-7H,8H2,1H3,(H2,16,17,18,19). The monoisotopic (exact) mass is 288 g/mol. The Morgan fingerprint density at radius 3 is 2.95 bits per heavy atom. The van der Waals surface area contributed by atoms with Crippen molar-refractivity contribution in [2.24, 2.45) is 0 Å². The number of rotatable bonds is 4. The molecule has 5 nitrogen and oxygen atoms in total. The third-order valence-corrected chi connectivity index (χ3v) is 3.20. The van der Waals surface area contributed by atoms with Crippen molar-refractivity contribution in [2.45, 2.75) is 6.54 Å². The zero-order valence-electron chi connectivity index (χ0n) is 10.9. The van der Waals surface area contributed by atoms with Gasteiger partial charge in [0.15, 0.2) is 0 Å². The summed E-state index contributed by atoms with van der Waals surface area (Å²) in [4.78, 5) is 11.4. The Morgan fingerprint density at radius 2 is 2.10 bits per heavy atom. The summed E-state index contributed by atoms with van der Waals surface area (Å²) in [6.45, 7) is 0.595. The fourth-order valence-electron chi connectivity index (χ4n) is 2.08. The van der Waals surface area contributed by atoms with E-state index in [0.29, 0.717) is 18.0 Å². The fraction of sp³-hybridized carbons (Fsp3) is 0.143. The van der Waals surface area contributed by atoms with Gasteiger partial charge in [0.25, 0.3) is 0 Å². The lowest BCUT2D eigenvalue weighted by molar-refractivity contribution is 0.410. The van der Waals surface area contributed by atoms with Crippen molar-refractivity contribution >= 4 is 28.5 Å². The number of halogens is 1. The molecule has 20 heavy (non-hydrogen) atoms. The lowest BCUT2D eigenvalue weighted by Crippen LogP contribution is -2.04. The molecule has 0 bridgehead atoms. The molecule has 3 rings (SSSR count). The van der Waals surface area contributed by atoms with E-state index in [9.17, 15) is 0 Å². The van der Waals surface area contributed by atoms with Crippen LogP contribution in [0.15, 0.2) is 36.5 Å². The molecule has 0 saturated heterocycles. The maximum atomic E-state index is 5.91. The summed E-state index contributed by atoms with van der Waals surface area (Å²) in [5.41, 5.74) is 1.76. The Morgan fingerprint density at radius 1 is 1.25 bits per heavy atom. The molecule has 102 valence electrons. The van der Waals surface area contributed by atoms with Gasteiger partial charge in [-0.25, -0.2) is 4.98 Å². The van der Waals surface area contributed by atoms with Crippen LogP contribution in [0, 0.1) is 0 Å². The van der Waals surface area contributed by atoms with E-state index >= 15 is 0 Å². The minimum Gasteiger partial charge on any atom is -0.496 e. The Balaban J connectivity index is 1.88. The first kappa shape index (κ1) is 12.7. The quantitative estimate of drug-likeness (QED) is 0.724. The van der Waals surface area contributed by atoms with Crippen molar-refractivity contribution in [1.82, 2.24) is 15.0 Å². The molecule has 0 radical (unpaired) electrons. The molecular formula is C14H13ClN4O. The number of hydrogen-bond acceptors (Lipinski definition) is 4. The molecule has 0 spiro atoms. The molecule has 0 fully saturated rings. The van der Waals surface area contributed by atoms with Gasteiger partial charge in [0.1, 0.15) is 17.2 Å². The third-order valence-electron chi connectivity index (χ3n) is 3.03. The summed E-state index contributed by atoms with van der Waals surface area (Å²) in [5.74, 6) is 1.54. The van der Waals surface area contributed by atoms with Gasteiger partial charge in [0, 0.05) is 18.3 Å². The van der Waals surface area contributed by atoms with Crippen LogP contribution in [0.2, 0.25) is 5.28 Å². The number of aromatic nitrogens is 3. The van der Waals surface area contributed by atoms with Gasteiger partial charge in [0.05, 0.1) is 12.5 Å². The minimum atomic E-state index is 0.211. The van der Waals surface area contributed by atoms with Crippen LogP contribution < -0.4 is 10.1 Å². The number of nitrogens with zero attached hydrogens (tertiary/aromatic N) is 2. The second kappa shape index (κ2) is 5.38.